The van der Waals surface area contributed by atoms with E-state index in [0.29, 0.717) is 6.42 Å². The average molecular weight is 238 g/mol. The second kappa shape index (κ2) is 5.77. The fourth-order valence-corrected chi connectivity index (χ4v) is 2.03. The highest BCUT2D eigenvalue weighted by molar-refractivity contribution is 5.75. The van der Waals surface area contributed by atoms with Crippen LogP contribution >= 0.6 is 0 Å². The third kappa shape index (κ3) is 3.26. The lowest BCUT2D eigenvalue weighted by atomic mass is 10.1. The molecule has 0 unspecified atom stereocenters. The number of aliphatic hydroxyl groups is 1. The van der Waals surface area contributed by atoms with Crippen LogP contribution in [0.25, 0.3) is 0 Å². The van der Waals surface area contributed by atoms with Gasteiger partial charge in [-0.15, -0.1) is 5.10 Å². The Morgan fingerprint density at radius 3 is 2.82 bits per heavy atom. The van der Waals surface area contributed by atoms with Crippen molar-refractivity contribution in [1.29, 1.82) is 0 Å². The highest BCUT2D eigenvalue weighted by Gasteiger charge is 2.17. The molecule has 0 radical (unpaired) electrons. The summed E-state index contributed by atoms with van der Waals surface area (Å²) in [6, 6.07) is 0. The molecule has 17 heavy (non-hydrogen) atoms. The number of aromatic nitrogens is 3. The third-order valence-electron chi connectivity index (χ3n) is 2.96. The van der Waals surface area contributed by atoms with E-state index in [-0.39, 0.29) is 19.1 Å². The lowest BCUT2D eigenvalue weighted by Crippen LogP contribution is -2.37. The molecule has 0 aliphatic carbocycles. The molecular formula is C11H18N4O2. The van der Waals surface area contributed by atoms with Gasteiger partial charge in [-0.3, -0.25) is 4.79 Å². The molecule has 0 aromatic carbocycles. The first-order chi connectivity index (χ1) is 8.29. The summed E-state index contributed by atoms with van der Waals surface area (Å²) in [7, 11) is 0. The van der Waals surface area contributed by atoms with E-state index in [0.717, 1.165) is 31.6 Å². The Morgan fingerprint density at radius 2 is 2.12 bits per heavy atom. The van der Waals surface area contributed by atoms with Gasteiger partial charge in [0, 0.05) is 32.3 Å². The summed E-state index contributed by atoms with van der Waals surface area (Å²) in [6.45, 7) is 2.02. The van der Waals surface area contributed by atoms with Crippen LogP contribution in [-0.2, 0) is 17.8 Å². The molecule has 1 N–H and O–H groups in total. The van der Waals surface area contributed by atoms with E-state index < -0.39 is 0 Å². The molecule has 1 aromatic heterocycles. The van der Waals surface area contributed by atoms with E-state index in [1.165, 1.54) is 6.42 Å². The van der Waals surface area contributed by atoms with Gasteiger partial charge in [-0.25, -0.2) is 4.68 Å². The first-order valence-corrected chi connectivity index (χ1v) is 6.07. The van der Waals surface area contributed by atoms with Gasteiger partial charge < -0.3 is 10.0 Å². The molecular weight excluding hydrogens is 220 g/mol. The van der Waals surface area contributed by atoms with Gasteiger partial charge in [-0.05, 0) is 19.3 Å². The predicted molar refractivity (Wildman–Crippen MR) is 61.2 cm³/mol. The molecule has 6 heteroatoms. The zero-order valence-electron chi connectivity index (χ0n) is 9.88. The largest absolute Gasteiger partial charge is 0.396 e. The van der Waals surface area contributed by atoms with Crippen molar-refractivity contribution in [2.24, 2.45) is 0 Å². The number of aliphatic hydroxyl groups excluding tert-OH is 1. The molecule has 94 valence electrons. The molecule has 0 bridgehead atoms. The summed E-state index contributed by atoms with van der Waals surface area (Å²) >= 11 is 0. The maximum Gasteiger partial charge on any atom is 0.244 e. The number of rotatable bonds is 4. The first kappa shape index (κ1) is 12.0. The number of amides is 1. The fraction of sp³-hybridized carbons (Fsp3) is 0.727. The molecule has 1 aliphatic heterocycles. The van der Waals surface area contributed by atoms with Gasteiger partial charge in [0.05, 0.1) is 5.69 Å². The Balaban J connectivity index is 1.88. The predicted octanol–water partition coefficient (Wildman–Crippen LogP) is -0.175. The number of carbonyl (C=O) groups is 1. The van der Waals surface area contributed by atoms with Gasteiger partial charge in [0.15, 0.2) is 0 Å². The van der Waals surface area contributed by atoms with Crippen LogP contribution in [0, 0.1) is 0 Å². The number of nitrogens with zero attached hydrogens (tertiary/aromatic N) is 4. The summed E-state index contributed by atoms with van der Waals surface area (Å²) in [4.78, 5) is 13.8. The van der Waals surface area contributed by atoms with E-state index in [9.17, 15) is 4.79 Å². The van der Waals surface area contributed by atoms with Gasteiger partial charge in [-0.1, -0.05) is 5.21 Å². The van der Waals surface area contributed by atoms with Crippen LogP contribution in [0.3, 0.4) is 0 Å². The van der Waals surface area contributed by atoms with Gasteiger partial charge in [0.25, 0.3) is 0 Å². The van der Waals surface area contributed by atoms with Crippen LogP contribution < -0.4 is 0 Å². The smallest absolute Gasteiger partial charge is 0.244 e. The maximum atomic E-state index is 11.9. The normalized spacial score (nSPS) is 16.2. The van der Waals surface area contributed by atoms with Crippen molar-refractivity contribution in [1.82, 2.24) is 19.9 Å². The maximum absolute atomic E-state index is 11.9. The zero-order valence-corrected chi connectivity index (χ0v) is 9.88. The lowest BCUT2D eigenvalue weighted by Gasteiger charge is -2.26. The molecule has 1 amide bonds. The van der Waals surface area contributed by atoms with Crippen LogP contribution in [0.1, 0.15) is 25.0 Å². The standard InChI is InChI=1S/C11H18N4O2/c16-7-4-10-8-15(13-12-10)9-11(17)14-5-2-1-3-6-14/h8,16H,1-7,9H2. The first-order valence-electron chi connectivity index (χ1n) is 6.07. The van der Waals surface area contributed by atoms with Crippen molar-refractivity contribution in [2.45, 2.75) is 32.2 Å². The van der Waals surface area contributed by atoms with Crippen molar-refractivity contribution >= 4 is 5.91 Å². The van der Waals surface area contributed by atoms with Crippen molar-refractivity contribution < 1.29 is 9.90 Å². The van der Waals surface area contributed by atoms with Crippen LogP contribution in [0.15, 0.2) is 6.20 Å². The molecule has 2 heterocycles. The van der Waals surface area contributed by atoms with E-state index in [2.05, 4.69) is 10.3 Å². The Hall–Kier alpha value is -1.43. The summed E-state index contributed by atoms with van der Waals surface area (Å²) in [5.74, 6) is 0.102. The minimum Gasteiger partial charge on any atom is -0.396 e. The van der Waals surface area contributed by atoms with Gasteiger partial charge in [0.2, 0.25) is 5.91 Å². The summed E-state index contributed by atoms with van der Waals surface area (Å²) in [6.07, 6.45) is 5.61. The Labute approximate surface area is 100 Å². The van der Waals surface area contributed by atoms with Crippen molar-refractivity contribution in [3.63, 3.8) is 0 Å². The molecule has 0 atom stereocenters. The Kier molecular flexibility index (Phi) is 4.08. The number of likely N-dealkylation sites (tertiary alicyclic amines) is 1. The number of piperidine rings is 1. The van der Waals surface area contributed by atoms with Crippen LogP contribution in [0.5, 0.6) is 0 Å². The van der Waals surface area contributed by atoms with Gasteiger partial charge in [-0.2, -0.15) is 0 Å². The fourth-order valence-electron chi connectivity index (χ4n) is 2.03. The quantitative estimate of drug-likeness (QED) is 0.790. The minimum absolute atomic E-state index is 0.0543. The Bertz CT molecular complexity index is 371. The molecule has 1 aliphatic rings. The summed E-state index contributed by atoms with van der Waals surface area (Å²) in [5, 5.41) is 16.5. The highest BCUT2D eigenvalue weighted by atomic mass is 16.3. The molecule has 0 saturated carbocycles. The number of hydrogen-bond donors (Lipinski definition) is 1. The topological polar surface area (TPSA) is 71.2 Å². The molecule has 1 aromatic rings. The van der Waals surface area contributed by atoms with E-state index in [1.54, 1.807) is 10.9 Å². The number of carbonyl (C=O) groups excluding carboxylic acids is 1. The van der Waals surface area contributed by atoms with E-state index >= 15 is 0 Å². The van der Waals surface area contributed by atoms with Crippen LogP contribution in [0.4, 0.5) is 0 Å². The second-order valence-corrected chi connectivity index (χ2v) is 4.32. The highest BCUT2D eigenvalue weighted by Crippen LogP contribution is 2.09. The summed E-state index contributed by atoms with van der Waals surface area (Å²) in [5.41, 5.74) is 0.721. The number of hydrogen-bond acceptors (Lipinski definition) is 4. The van der Waals surface area contributed by atoms with Gasteiger partial charge >= 0.3 is 0 Å². The van der Waals surface area contributed by atoms with E-state index in [1.807, 2.05) is 4.90 Å². The molecule has 2 rings (SSSR count). The summed E-state index contributed by atoms with van der Waals surface area (Å²) < 4.78 is 1.54. The van der Waals surface area contributed by atoms with Crippen molar-refractivity contribution in [3.8, 4) is 0 Å². The SMILES string of the molecule is O=C(Cn1cc(CCO)nn1)N1CCCCC1. The second-order valence-electron chi connectivity index (χ2n) is 4.32. The molecule has 0 spiro atoms. The third-order valence-corrected chi connectivity index (χ3v) is 2.96. The minimum atomic E-state index is 0.0543. The molecule has 1 fully saturated rings. The zero-order chi connectivity index (χ0) is 12.1. The van der Waals surface area contributed by atoms with Crippen molar-refractivity contribution in [2.75, 3.05) is 19.7 Å². The van der Waals surface area contributed by atoms with Crippen LogP contribution in [0.2, 0.25) is 0 Å². The van der Waals surface area contributed by atoms with Crippen LogP contribution in [-0.4, -0.2) is 50.6 Å². The lowest BCUT2D eigenvalue weighted by molar-refractivity contribution is -0.132. The molecule has 1 saturated heterocycles. The molecule has 6 nitrogen and oxygen atoms in total. The Morgan fingerprint density at radius 1 is 1.35 bits per heavy atom. The van der Waals surface area contributed by atoms with Gasteiger partial charge in [0.1, 0.15) is 6.54 Å². The monoisotopic (exact) mass is 238 g/mol. The average Bonchev–Trinajstić information content (AvgIpc) is 2.78. The van der Waals surface area contributed by atoms with Crippen molar-refractivity contribution in [3.05, 3.63) is 11.9 Å². The van der Waals surface area contributed by atoms with E-state index in [4.69, 9.17) is 5.11 Å².